The highest BCUT2D eigenvalue weighted by molar-refractivity contribution is 6.31. The van der Waals surface area contributed by atoms with Crippen LogP contribution in [-0.4, -0.2) is 47.3 Å². The van der Waals surface area contributed by atoms with E-state index in [2.05, 4.69) is 0 Å². The number of benzene rings is 1. The minimum absolute atomic E-state index is 0.0754. The van der Waals surface area contributed by atoms with Gasteiger partial charge in [0.1, 0.15) is 6.04 Å². The zero-order chi connectivity index (χ0) is 17.0. The third-order valence-corrected chi connectivity index (χ3v) is 4.14. The van der Waals surface area contributed by atoms with Crippen molar-refractivity contribution in [2.24, 2.45) is 0 Å². The topological polar surface area (TPSA) is 87.1 Å². The number of nitrogens with zero attached hydrogens (tertiary/aromatic N) is 1. The Kier molecular flexibility index (Phi) is 5.63. The first-order chi connectivity index (χ1) is 10.9. The Hall–Kier alpha value is -2.05. The fourth-order valence-electron chi connectivity index (χ4n) is 2.68. The van der Waals surface area contributed by atoms with Gasteiger partial charge in [-0.2, -0.15) is 0 Å². The minimum Gasteiger partial charge on any atom is -0.512 e. The van der Waals surface area contributed by atoms with Gasteiger partial charge in [-0.3, -0.25) is 9.69 Å². The molecule has 1 aliphatic heterocycles. The van der Waals surface area contributed by atoms with Crippen LogP contribution < -0.4 is 0 Å². The number of carboxylic acid groups (broad SMARTS) is 1. The molecule has 0 spiro atoms. The minimum atomic E-state index is -1.03. The number of hydrogen-bond donors (Lipinski definition) is 2. The Morgan fingerprint density at radius 1 is 1.39 bits per heavy atom. The van der Waals surface area contributed by atoms with Gasteiger partial charge in [-0.05, 0) is 17.2 Å². The summed E-state index contributed by atoms with van der Waals surface area (Å²) >= 11 is 6.20. The van der Waals surface area contributed by atoms with Crippen LogP contribution in [0.25, 0.3) is 0 Å². The van der Waals surface area contributed by atoms with E-state index in [0.29, 0.717) is 22.7 Å². The summed E-state index contributed by atoms with van der Waals surface area (Å²) in [6.07, 6.45) is 0.0132. The van der Waals surface area contributed by atoms with Crippen LogP contribution in [0.2, 0.25) is 5.02 Å². The second-order valence-corrected chi connectivity index (χ2v) is 5.70. The molecule has 0 radical (unpaired) electrons. The molecule has 0 amide bonds. The van der Waals surface area contributed by atoms with Gasteiger partial charge in [0, 0.05) is 24.5 Å². The van der Waals surface area contributed by atoms with Crippen LogP contribution in [0.1, 0.15) is 24.4 Å². The zero-order valence-corrected chi connectivity index (χ0v) is 13.4. The lowest BCUT2D eigenvalue weighted by molar-refractivity contribution is -0.147. The Balaban J connectivity index is 2.33. The second kappa shape index (κ2) is 7.48. The summed E-state index contributed by atoms with van der Waals surface area (Å²) in [4.78, 5) is 25.0. The van der Waals surface area contributed by atoms with Gasteiger partial charge >= 0.3 is 11.9 Å². The number of carbonyl (C=O) groups is 2. The summed E-state index contributed by atoms with van der Waals surface area (Å²) in [5.41, 5.74) is 0.988. The summed E-state index contributed by atoms with van der Waals surface area (Å²) in [5, 5.41) is 19.3. The molecule has 2 rings (SSSR count). The SMILES string of the molecule is COC(=O)C(c1ccccc1Cl)N1CCC(O)=C(CC(=O)O)C1. The lowest BCUT2D eigenvalue weighted by Gasteiger charge is -2.34. The molecular weight excluding hydrogens is 322 g/mol. The van der Waals surface area contributed by atoms with E-state index in [9.17, 15) is 14.7 Å². The first kappa shape index (κ1) is 17.3. The van der Waals surface area contributed by atoms with E-state index in [4.69, 9.17) is 21.4 Å². The first-order valence-corrected chi connectivity index (χ1v) is 7.49. The van der Waals surface area contributed by atoms with Crippen LogP contribution >= 0.6 is 11.6 Å². The fraction of sp³-hybridized carbons (Fsp3) is 0.375. The number of aliphatic carboxylic acids is 1. The van der Waals surface area contributed by atoms with Gasteiger partial charge in [0.25, 0.3) is 0 Å². The molecule has 1 aromatic rings. The van der Waals surface area contributed by atoms with E-state index < -0.39 is 18.0 Å². The number of methoxy groups -OCH3 is 1. The standard InChI is InChI=1S/C16H18ClNO5/c1-23-16(22)15(11-4-2-3-5-12(11)17)18-7-6-13(19)10(9-18)8-14(20)21/h2-5,15,19H,6-9H2,1H3,(H,20,21). The van der Waals surface area contributed by atoms with Crippen LogP contribution in [0.15, 0.2) is 35.6 Å². The fourth-order valence-corrected chi connectivity index (χ4v) is 2.92. The third-order valence-electron chi connectivity index (χ3n) is 3.79. The van der Waals surface area contributed by atoms with E-state index >= 15 is 0 Å². The van der Waals surface area contributed by atoms with Crippen molar-refractivity contribution in [2.75, 3.05) is 20.2 Å². The molecule has 1 aliphatic rings. The Labute approximate surface area is 138 Å². The van der Waals surface area contributed by atoms with Crippen LogP contribution in [0, 0.1) is 0 Å². The van der Waals surface area contributed by atoms with E-state index in [0.717, 1.165) is 0 Å². The maximum absolute atomic E-state index is 12.3. The number of aliphatic hydroxyl groups excluding tert-OH is 1. The highest BCUT2D eigenvalue weighted by atomic mass is 35.5. The molecule has 0 bridgehead atoms. The maximum Gasteiger partial charge on any atom is 0.327 e. The van der Waals surface area contributed by atoms with Gasteiger partial charge in [0.2, 0.25) is 0 Å². The Morgan fingerprint density at radius 3 is 2.70 bits per heavy atom. The van der Waals surface area contributed by atoms with Crippen LogP contribution in [-0.2, 0) is 14.3 Å². The predicted molar refractivity (Wildman–Crippen MR) is 84.3 cm³/mol. The van der Waals surface area contributed by atoms with Gasteiger partial charge in [0.05, 0.1) is 19.3 Å². The largest absolute Gasteiger partial charge is 0.512 e. The van der Waals surface area contributed by atoms with E-state index in [-0.39, 0.29) is 25.1 Å². The molecule has 7 heteroatoms. The third kappa shape index (κ3) is 4.03. The smallest absolute Gasteiger partial charge is 0.327 e. The van der Waals surface area contributed by atoms with Crippen molar-refractivity contribution in [1.29, 1.82) is 0 Å². The maximum atomic E-state index is 12.3. The average Bonchev–Trinajstić information content (AvgIpc) is 2.51. The molecule has 1 atom stereocenters. The summed E-state index contributed by atoms with van der Waals surface area (Å²) < 4.78 is 4.88. The van der Waals surface area contributed by atoms with Crippen LogP contribution in [0.3, 0.4) is 0 Å². The molecule has 0 aliphatic carbocycles. The molecule has 0 fully saturated rings. The number of esters is 1. The van der Waals surface area contributed by atoms with E-state index in [1.807, 2.05) is 0 Å². The Morgan fingerprint density at radius 2 is 2.09 bits per heavy atom. The molecule has 124 valence electrons. The zero-order valence-electron chi connectivity index (χ0n) is 12.7. The molecule has 0 aromatic heterocycles. The predicted octanol–water partition coefficient (Wildman–Crippen LogP) is 2.55. The van der Waals surface area contributed by atoms with Gasteiger partial charge < -0.3 is 14.9 Å². The number of ether oxygens (including phenoxy) is 1. The number of aliphatic hydroxyl groups is 1. The average molecular weight is 340 g/mol. The molecule has 1 heterocycles. The van der Waals surface area contributed by atoms with Crippen molar-refractivity contribution in [3.63, 3.8) is 0 Å². The van der Waals surface area contributed by atoms with Crippen LogP contribution in [0.4, 0.5) is 0 Å². The number of carbonyl (C=O) groups excluding carboxylic acids is 1. The summed E-state index contributed by atoms with van der Waals surface area (Å²) in [6, 6.07) is 6.21. The Bertz CT molecular complexity index is 643. The van der Waals surface area contributed by atoms with Gasteiger partial charge in [0.15, 0.2) is 0 Å². The molecule has 0 saturated carbocycles. The highest BCUT2D eigenvalue weighted by Crippen LogP contribution is 2.32. The molecule has 0 saturated heterocycles. The number of hydrogen-bond acceptors (Lipinski definition) is 5. The molecule has 1 aromatic carbocycles. The lowest BCUT2D eigenvalue weighted by Crippen LogP contribution is -2.40. The molecule has 23 heavy (non-hydrogen) atoms. The van der Waals surface area contributed by atoms with E-state index in [1.165, 1.54) is 7.11 Å². The monoisotopic (exact) mass is 339 g/mol. The highest BCUT2D eigenvalue weighted by Gasteiger charge is 2.33. The van der Waals surface area contributed by atoms with Crippen molar-refractivity contribution < 1.29 is 24.5 Å². The first-order valence-electron chi connectivity index (χ1n) is 7.12. The van der Waals surface area contributed by atoms with Crippen molar-refractivity contribution in [2.45, 2.75) is 18.9 Å². The van der Waals surface area contributed by atoms with Crippen LogP contribution in [0.5, 0.6) is 0 Å². The molecule has 2 N–H and O–H groups in total. The number of halogens is 1. The molecule has 6 nitrogen and oxygen atoms in total. The van der Waals surface area contributed by atoms with Gasteiger partial charge in [-0.1, -0.05) is 29.8 Å². The molecule has 1 unspecified atom stereocenters. The normalized spacial score (nSPS) is 17.0. The summed E-state index contributed by atoms with van der Waals surface area (Å²) in [6.45, 7) is 0.572. The quantitative estimate of drug-likeness (QED) is 0.802. The van der Waals surface area contributed by atoms with Crippen molar-refractivity contribution in [1.82, 2.24) is 4.90 Å². The lowest BCUT2D eigenvalue weighted by atomic mass is 9.99. The molecular formula is C16H18ClNO5. The second-order valence-electron chi connectivity index (χ2n) is 5.29. The van der Waals surface area contributed by atoms with Crippen molar-refractivity contribution in [3.8, 4) is 0 Å². The van der Waals surface area contributed by atoms with Gasteiger partial charge in [-0.15, -0.1) is 0 Å². The van der Waals surface area contributed by atoms with E-state index in [1.54, 1.807) is 29.2 Å². The van der Waals surface area contributed by atoms with Crippen molar-refractivity contribution >= 4 is 23.5 Å². The number of rotatable bonds is 5. The summed E-state index contributed by atoms with van der Waals surface area (Å²) in [5.74, 6) is -1.43. The van der Waals surface area contributed by atoms with Crippen molar-refractivity contribution in [3.05, 3.63) is 46.2 Å². The van der Waals surface area contributed by atoms with Gasteiger partial charge in [-0.25, -0.2) is 4.79 Å². The summed E-state index contributed by atoms with van der Waals surface area (Å²) in [7, 11) is 1.29. The number of carboxylic acids is 1.